The van der Waals surface area contributed by atoms with Gasteiger partial charge in [-0.25, -0.2) is 4.98 Å². The van der Waals surface area contributed by atoms with Crippen molar-refractivity contribution < 1.29 is 5.11 Å². The molecule has 0 spiro atoms. The van der Waals surface area contributed by atoms with Crippen molar-refractivity contribution in [2.45, 2.75) is 32.4 Å². The third kappa shape index (κ3) is 5.74. The smallest absolute Gasteiger partial charge is 0.169 e. The molecule has 0 amide bonds. The maximum atomic E-state index is 10.3. The van der Waals surface area contributed by atoms with Crippen LogP contribution >= 0.6 is 0 Å². The van der Waals surface area contributed by atoms with E-state index in [9.17, 15) is 10.4 Å². The number of aromatic nitrogens is 3. The fourth-order valence-electron chi connectivity index (χ4n) is 4.20. The molecule has 1 fully saturated rings. The van der Waals surface area contributed by atoms with E-state index in [1.54, 1.807) is 18.2 Å². The number of nitriles is 1. The van der Waals surface area contributed by atoms with Gasteiger partial charge in [-0.3, -0.25) is 4.90 Å². The van der Waals surface area contributed by atoms with Crippen LogP contribution in [0.3, 0.4) is 0 Å². The Bertz CT molecular complexity index is 1370. The van der Waals surface area contributed by atoms with Gasteiger partial charge < -0.3 is 20.6 Å². The van der Waals surface area contributed by atoms with Crippen LogP contribution in [0, 0.1) is 23.2 Å². The first-order valence-corrected chi connectivity index (χ1v) is 12.3. The molecule has 3 N–H and O–H groups in total. The lowest BCUT2D eigenvalue weighted by molar-refractivity contribution is 0.373. The number of nitrogen functional groups attached to an aromatic ring is 1. The van der Waals surface area contributed by atoms with Gasteiger partial charge in [-0.15, -0.1) is 10.2 Å². The van der Waals surface area contributed by atoms with Crippen molar-refractivity contribution in [3.63, 3.8) is 0 Å². The molecule has 2 atom stereocenters. The van der Waals surface area contributed by atoms with Crippen LogP contribution < -0.4 is 15.5 Å². The molecule has 1 saturated heterocycles. The van der Waals surface area contributed by atoms with E-state index in [4.69, 9.17) is 10.7 Å². The summed E-state index contributed by atoms with van der Waals surface area (Å²) in [5.74, 6) is 7.58. The van der Waals surface area contributed by atoms with Gasteiger partial charge >= 0.3 is 0 Å². The lowest BCUT2D eigenvalue weighted by Gasteiger charge is -2.28. The maximum Gasteiger partial charge on any atom is 0.169 e. The van der Waals surface area contributed by atoms with Crippen LogP contribution in [0.25, 0.3) is 11.3 Å². The molecule has 0 aliphatic carbocycles. The fraction of sp³-hybridized carbons (Fsp3) is 0.357. The van der Waals surface area contributed by atoms with E-state index in [1.807, 2.05) is 50.2 Å². The minimum absolute atomic E-state index is 0.0461. The van der Waals surface area contributed by atoms with Crippen molar-refractivity contribution in [3.8, 4) is 34.9 Å². The quantitative estimate of drug-likeness (QED) is 0.525. The summed E-state index contributed by atoms with van der Waals surface area (Å²) < 4.78 is 0. The van der Waals surface area contributed by atoms with E-state index in [0.717, 1.165) is 24.5 Å². The number of aromatic hydroxyl groups is 1. The number of rotatable bonds is 4. The highest BCUT2D eigenvalue weighted by molar-refractivity contribution is 5.74. The third-order valence-corrected chi connectivity index (χ3v) is 6.75. The van der Waals surface area contributed by atoms with Gasteiger partial charge in [0.25, 0.3) is 0 Å². The monoisotopic (exact) mass is 496 g/mol. The minimum Gasteiger partial charge on any atom is -0.507 e. The van der Waals surface area contributed by atoms with Crippen molar-refractivity contribution in [1.82, 2.24) is 20.1 Å². The summed E-state index contributed by atoms with van der Waals surface area (Å²) in [5, 5.41) is 28.2. The molecule has 1 aliphatic rings. The van der Waals surface area contributed by atoms with Gasteiger partial charge in [0.2, 0.25) is 0 Å². The molecular weight excluding hydrogens is 464 g/mol. The number of para-hydroxylation sites is 1. The Morgan fingerprint density at radius 3 is 2.65 bits per heavy atom. The number of phenols is 1. The van der Waals surface area contributed by atoms with Gasteiger partial charge in [-0.05, 0) is 70.6 Å². The topological polar surface area (TPSA) is 118 Å². The predicted molar refractivity (Wildman–Crippen MR) is 146 cm³/mol. The van der Waals surface area contributed by atoms with Crippen LogP contribution in [0.4, 0.5) is 17.3 Å². The van der Waals surface area contributed by atoms with Crippen LogP contribution in [0.2, 0.25) is 0 Å². The molecule has 1 aromatic carbocycles. The molecule has 0 radical (unpaired) electrons. The molecule has 2 aromatic heterocycles. The lowest BCUT2D eigenvalue weighted by Crippen LogP contribution is -2.35. The number of hydrogen-bond acceptors (Lipinski definition) is 9. The highest BCUT2D eigenvalue weighted by atomic mass is 16.3. The second kappa shape index (κ2) is 11.2. The molecule has 9 heteroatoms. The number of nitrogens with two attached hydrogens (primary N) is 1. The van der Waals surface area contributed by atoms with E-state index in [2.05, 4.69) is 44.8 Å². The molecule has 3 heterocycles. The molecule has 9 nitrogen and oxygen atoms in total. The number of pyridine rings is 1. The van der Waals surface area contributed by atoms with Crippen molar-refractivity contribution in [3.05, 3.63) is 53.7 Å². The van der Waals surface area contributed by atoms with Crippen LogP contribution in [-0.2, 0) is 0 Å². The Kier molecular flexibility index (Phi) is 7.76. The van der Waals surface area contributed by atoms with Gasteiger partial charge in [0.1, 0.15) is 23.3 Å². The second-order valence-electron chi connectivity index (χ2n) is 9.42. The molecular formula is C28H32N8O. The first-order valence-electron chi connectivity index (χ1n) is 12.3. The Labute approximate surface area is 218 Å². The van der Waals surface area contributed by atoms with E-state index in [0.29, 0.717) is 41.4 Å². The molecule has 4 rings (SSSR count). The Morgan fingerprint density at radius 1 is 1.14 bits per heavy atom. The van der Waals surface area contributed by atoms with Crippen LogP contribution in [0.15, 0.2) is 42.5 Å². The zero-order valence-corrected chi connectivity index (χ0v) is 21.7. The summed E-state index contributed by atoms with van der Waals surface area (Å²) in [7, 11) is 3.94. The van der Waals surface area contributed by atoms with Crippen LogP contribution in [0.5, 0.6) is 5.75 Å². The first-order chi connectivity index (χ1) is 17.8. The van der Waals surface area contributed by atoms with E-state index in [-0.39, 0.29) is 17.8 Å². The number of benzene rings is 1. The molecule has 37 heavy (non-hydrogen) atoms. The maximum absolute atomic E-state index is 10.3. The highest BCUT2D eigenvalue weighted by Crippen LogP contribution is 2.32. The van der Waals surface area contributed by atoms with Gasteiger partial charge in [-0.1, -0.05) is 18.1 Å². The average Bonchev–Trinajstić information content (AvgIpc) is 3.09. The summed E-state index contributed by atoms with van der Waals surface area (Å²) in [6, 6.07) is 15.1. The lowest BCUT2D eigenvalue weighted by atomic mass is 10.1. The SMILES string of the molecule is C[C@@H]1CCN(c2cc(-c3ccccc3O)nnc2N)CCN1c1ccc(C#N)c(C#C[C@H](C)N(C)C)n1. The minimum atomic E-state index is 0.0461. The van der Waals surface area contributed by atoms with Crippen LogP contribution in [0.1, 0.15) is 31.5 Å². The summed E-state index contributed by atoms with van der Waals surface area (Å²) in [4.78, 5) is 11.2. The van der Waals surface area contributed by atoms with E-state index < -0.39 is 0 Å². The van der Waals surface area contributed by atoms with Crippen LogP contribution in [-0.4, -0.2) is 71.0 Å². The molecule has 0 bridgehead atoms. The summed E-state index contributed by atoms with van der Waals surface area (Å²) in [5.41, 5.74) is 9.19. The standard InChI is InChI=1S/C28H32N8O/c1-19(34(3)4)9-11-23-21(18-29)10-12-27(31-23)36-16-15-35(14-13-20(36)2)25-17-24(32-33-28(25)30)22-7-5-6-8-26(22)37/h5-8,10,12,17,19-20,37H,13-16H2,1-4H3,(H2,30,33)/t19-,20+/m0/s1. The average molecular weight is 497 g/mol. The Balaban J connectivity index is 1.59. The van der Waals surface area contributed by atoms with E-state index in [1.165, 1.54) is 0 Å². The molecule has 0 unspecified atom stereocenters. The zero-order valence-electron chi connectivity index (χ0n) is 21.7. The summed E-state index contributed by atoms with van der Waals surface area (Å²) >= 11 is 0. The summed E-state index contributed by atoms with van der Waals surface area (Å²) in [6.45, 7) is 6.36. The largest absolute Gasteiger partial charge is 0.507 e. The number of nitrogens with zero attached hydrogens (tertiary/aromatic N) is 7. The normalized spacial score (nSPS) is 16.5. The third-order valence-electron chi connectivity index (χ3n) is 6.75. The first kappa shape index (κ1) is 25.7. The van der Waals surface area contributed by atoms with Crippen molar-refractivity contribution in [2.75, 3.05) is 49.3 Å². The number of anilines is 3. The van der Waals surface area contributed by atoms with Crippen molar-refractivity contribution in [2.24, 2.45) is 0 Å². The van der Waals surface area contributed by atoms with Gasteiger partial charge in [0, 0.05) is 31.2 Å². The zero-order chi connectivity index (χ0) is 26.5. The predicted octanol–water partition coefficient (Wildman–Crippen LogP) is 3.10. The summed E-state index contributed by atoms with van der Waals surface area (Å²) in [6.07, 6.45) is 0.869. The Hall–Kier alpha value is -4.34. The van der Waals surface area contributed by atoms with Crippen molar-refractivity contribution in [1.29, 1.82) is 5.26 Å². The molecule has 0 saturated carbocycles. The van der Waals surface area contributed by atoms with Gasteiger partial charge in [-0.2, -0.15) is 5.26 Å². The van der Waals surface area contributed by atoms with E-state index >= 15 is 0 Å². The van der Waals surface area contributed by atoms with Gasteiger partial charge in [0.05, 0.1) is 23.0 Å². The second-order valence-corrected chi connectivity index (χ2v) is 9.42. The molecule has 1 aliphatic heterocycles. The van der Waals surface area contributed by atoms with Gasteiger partial charge in [0.15, 0.2) is 5.82 Å². The van der Waals surface area contributed by atoms with Crippen molar-refractivity contribution >= 4 is 17.3 Å². The fourth-order valence-corrected chi connectivity index (χ4v) is 4.20. The molecule has 190 valence electrons. The molecule has 3 aromatic rings. The number of hydrogen-bond donors (Lipinski definition) is 2. The Morgan fingerprint density at radius 2 is 1.92 bits per heavy atom. The highest BCUT2D eigenvalue weighted by Gasteiger charge is 2.25. The number of phenolic OH excluding ortho intramolecular Hbond substituents is 1.